The summed E-state index contributed by atoms with van der Waals surface area (Å²) in [6.07, 6.45) is 1.59. The third-order valence-corrected chi connectivity index (χ3v) is 6.86. The number of aryl methyl sites for hydroxylation is 2. The number of aliphatic imine (C=N–C) groups is 1. The average Bonchev–Trinajstić information content (AvgIpc) is 2.91. The lowest BCUT2D eigenvalue weighted by atomic mass is 9.86. The Kier molecular flexibility index (Phi) is 8.39. The molecule has 7 nitrogen and oxygen atoms in total. The number of anilines is 2. The van der Waals surface area contributed by atoms with Crippen LogP contribution in [-0.2, 0) is 16.1 Å². The third kappa shape index (κ3) is 5.98. The fraction of sp³-hybridized carbons (Fsp3) is 0.250. The highest BCUT2D eigenvalue weighted by atomic mass is 16.2. The number of para-hydroxylation sites is 1. The second kappa shape index (κ2) is 11.9. The predicted octanol–water partition coefficient (Wildman–Crippen LogP) is 5.67. The van der Waals surface area contributed by atoms with Gasteiger partial charge in [0.15, 0.2) is 5.78 Å². The van der Waals surface area contributed by atoms with Gasteiger partial charge in [0.25, 0.3) is 5.91 Å². The molecule has 0 fully saturated rings. The van der Waals surface area contributed by atoms with E-state index in [4.69, 9.17) is 4.99 Å². The number of allylic oxidation sites excluding steroid dienone is 1. The molecule has 39 heavy (non-hydrogen) atoms. The first kappa shape index (κ1) is 27.5. The summed E-state index contributed by atoms with van der Waals surface area (Å²) in [5.41, 5.74) is 6.98. The van der Waals surface area contributed by atoms with E-state index in [1.165, 1.54) is 6.92 Å². The maximum atomic E-state index is 13.4. The van der Waals surface area contributed by atoms with Crippen LogP contribution in [0, 0.1) is 13.8 Å². The number of ketones is 1. The maximum Gasteiger partial charge on any atom is 0.255 e. The normalized spacial score (nSPS) is 13.5. The molecule has 3 aromatic carbocycles. The molecular weight excluding hydrogens is 488 g/mol. The summed E-state index contributed by atoms with van der Waals surface area (Å²) in [5.74, 6) is -1.04. The minimum atomic E-state index is -0.494. The number of rotatable bonds is 8. The number of carbonyl (C=O) groups is 3. The topological polar surface area (TPSA) is 90.9 Å². The smallest absolute Gasteiger partial charge is 0.255 e. The van der Waals surface area contributed by atoms with Gasteiger partial charge in [0.05, 0.1) is 17.0 Å². The van der Waals surface area contributed by atoms with Crippen LogP contribution in [0.1, 0.15) is 53.4 Å². The van der Waals surface area contributed by atoms with Gasteiger partial charge in [-0.15, -0.1) is 0 Å². The molecule has 0 heterocycles. The lowest BCUT2D eigenvalue weighted by molar-refractivity contribution is -0.117. The standard InChI is InChI=1S/C32H34N4O3/c1-6-36(7-2)24-15-16-27(21(4)17-24)35-29-18-26(31(38)25-13-10-11-20(3)30(25)29)32(39)33-19-23-12-8-9-14-28(23)34-22(5)37/h8-18H,6-7,19H2,1-5H3,(H,33,39)(H,34,37). The molecule has 0 unspecified atom stereocenters. The molecule has 0 aliphatic heterocycles. The summed E-state index contributed by atoms with van der Waals surface area (Å²) in [4.78, 5) is 45.5. The van der Waals surface area contributed by atoms with E-state index in [1.54, 1.807) is 18.2 Å². The summed E-state index contributed by atoms with van der Waals surface area (Å²) in [5, 5.41) is 5.62. The first-order valence-electron chi connectivity index (χ1n) is 13.2. The fourth-order valence-corrected chi connectivity index (χ4v) is 4.81. The summed E-state index contributed by atoms with van der Waals surface area (Å²) < 4.78 is 0. The molecular formula is C32H34N4O3. The van der Waals surface area contributed by atoms with Gasteiger partial charge in [-0.25, -0.2) is 4.99 Å². The first-order valence-corrected chi connectivity index (χ1v) is 13.2. The highest BCUT2D eigenvalue weighted by molar-refractivity contribution is 6.36. The van der Waals surface area contributed by atoms with Crippen molar-refractivity contribution in [3.8, 4) is 0 Å². The number of Topliss-reactive ketones (excluding diaryl/α,β-unsaturated/α-hetero) is 1. The maximum absolute atomic E-state index is 13.4. The minimum Gasteiger partial charge on any atom is -0.372 e. The van der Waals surface area contributed by atoms with Crippen molar-refractivity contribution in [2.75, 3.05) is 23.3 Å². The molecule has 1 aliphatic rings. The van der Waals surface area contributed by atoms with E-state index >= 15 is 0 Å². The zero-order valence-corrected chi connectivity index (χ0v) is 23.1. The number of carbonyl (C=O) groups excluding carboxylic acids is 3. The van der Waals surface area contributed by atoms with Gasteiger partial charge >= 0.3 is 0 Å². The minimum absolute atomic E-state index is 0.0290. The molecule has 0 bridgehead atoms. The van der Waals surface area contributed by atoms with Crippen molar-refractivity contribution in [2.45, 2.75) is 41.2 Å². The third-order valence-electron chi connectivity index (χ3n) is 6.86. The van der Waals surface area contributed by atoms with E-state index in [0.717, 1.165) is 46.7 Å². The Morgan fingerprint density at radius 2 is 1.67 bits per heavy atom. The van der Waals surface area contributed by atoms with Gasteiger partial charge in [0.2, 0.25) is 5.91 Å². The summed E-state index contributed by atoms with van der Waals surface area (Å²) in [6, 6.07) is 18.9. The number of amides is 2. The second-order valence-electron chi connectivity index (χ2n) is 9.55. The molecule has 2 N–H and O–H groups in total. The van der Waals surface area contributed by atoms with Gasteiger partial charge in [-0.1, -0.05) is 36.4 Å². The van der Waals surface area contributed by atoms with E-state index in [9.17, 15) is 14.4 Å². The number of hydrogen-bond donors (Lipinski definition) is 2. The van der Waals surface area contributed by atoms with Gasteiger partial charge in [0.1, 0.15) is 0 Å². The van der Waals surface area contributed by atoms with Crippen molar-refractivity contribution in [1.29, 1.82) is 0 Å². The van der Waals surface area contributed by atoms with Crippen LogP contribution in [0.3, 0.4) is 0 Å². The highest BCUT2D eigenvalue weighted by Crippen LogP contribution is 2.30. The van der Waals surface area contributed by atoms with Crippen LogP contribution in [0.5, 0.6) is 0 Å². The lowest BCUT2D eigenvalue weighted by Gasteiger charge is -2.22. The number of nitrogens with one attached hydrogen (secondary N) is 2. The van der Waals surface area contributed by atoms with Crippen LogP contribution in [0.25, 0.3) is 0 Å². The number of fused-ring (bicyclic) bond motifs is 1. The van der Waals surface area contributed by atoms with Gasteiger partial charge in [0, 0.05) is 49.1 Å². The molecule has 0 aromatic heterocycles. The molecule has 200 valence electrons. The van der Waals surface area contributed by atoms with Crippen LogP contribution >= 0.6 is 0 Å². The molecule has 0 radical (unpaired) electrons. The van der Waals surface area contributed by atoms with Gasteiger partial charge in [-0.2, -0.15) is 0 Å². The Balaban J connectivity index is 1.69. The van der Waals surface area contributed by atoms with Gasteiger partial charge in [-0.05, 0) is 74.7 Å². The Hall–Kier alpha value is -4.52. The molecule has 2 amide bonds. The van der Waals surface area contributed by atoms with Crippen LogP contribution in [0.2, 0.25) is 0 Å². The van der Waals surface area contributed by atoms with Gasteiger partial charge < -0.3 is 15.5 Å². The van der Waals surface area contributed by atoms with Crippen molar-refractivity contribution < 1.29 is 14.4 Å². The van der Waals surface area contributed by atoms with Crippen molar-refractivity contribution in [1.82, 2.24) is 5.32 Å². The van der Waals surface area contributed by atoms with Crippen LogP contribution in [0.15, 0.2) is 77.3 Å². The second-order valence-corrected chi connectivity index (χ2v) is 9.55. The zero-order chi connectivity index (χ0) is 28.1. The van der Waals surface area contributed by atoms with E-state index in [1.807, 2.05) is 50.2 Å². The Bertz CT molecular complexity index is 1500. The molecule has 0 spiro atoms. The molecule has 1 aliphatic carbocycles. The van der Waals surface area contributed by atoms with Gasteiger partial charge in [-0.3, -0.25) is 14.4 Å². The zero-order valence-electron chi connectivity index (χ0n) is 23.1. The lowest BCUT2D eigenvalue weighted by Crippen LogP contribution is -2.32. The summed E-state index contributed by atoms with van der Waals surface area (Å²) in [6.45, 7) is 11.6. The number of benzene rings is 3. The van der Waals surface area contributed by atoms with Crippen LogP contribution < -0.4 is 15.5 Å². The van der Waals surface area contributed by atoms with Crippen molar-refractivity contribution in [3.05, 3.63) is 100 Å². The highest BCUT2D eigenvalue weighted by Gasteiger charge is 2.29. The fourth-order valence-electron chi connectivity index (χ4n) is 4.81. The molecule has 7 heteroatoms. The quantitative estimate of drug-likeness (QED) is 0.373. The SMILES string of the molecule is CCN(CC)c1ccc(N=C2C=C(C(=O)NCc3ccccc3NC(C)=O)C(=O)c3cccc(C)c32)c(C)c1. The monoisotopic (exact) mass is 522 g/mol. The van der Waals surface area contributed by atoms with Crippen molar-refractivity contribution in [3.63, 3.8) is 0 Å². The van der Waals surface area contributed by atoms with E-state index in [-0.39, 0.29) is 23.8 Å². The number of nitrogens with zero attached hydrogens (tertiary/aromatic N) is 2. The Labute approximate surface area is 229 Å². The molecule has 0 atom stereocenters. The summed E-state index contributed by atoms with van der Waals surface area (Å²) in [7, 11) is 0. The number of hydrogen-bond acceptors (Lipinski definition) is 5. The first-order chi connectivity index (χ1) is 18.7. The van der Waals surface area contributed by atoms with E-state index < -0.39 is 5.91 Å². The largest absolute Gasteiger partial charge is 0.372 e. The average molecular weight is 523 g/mol. The van der Waals surface area contributed by atoms with E-state index in [0.29, 0.717) is 17.0 Å². The molecule has 4 rings (SSSR count). The van der Waals surface area contributed by atoms with Crippen LogP contribution in [0.4, 0.5) is 17.1 Å². The predicted molar refractivity (Wildman–Crippen MR) is 157 cm³/mol. The van der Waals surface area contributed by atoms with Crippen molar-refractivity contribution >= 4 is 40.4 Å². The Morgan fingerprint density at radius 3 is 2.36 bits per heavy atom. The van der Waals surface area contributed by atoms with Crippen LogP contribution in [-0.4, -0.2) is 36.4 Å². The van der Waals surface area contributed by atoms with Crippen molar-refractivity contribution in [2.24, 2.45) is 4.99 Å². The molecule has 0 saturated carbocycles. The summed E-state index contributed by atoms with van der Waals surface area (Å²) >= 11 is 0. The van der Waals surface area contributed by atoms with E-state index in [2.05, 4.69) is 41.5 Å². The Morgan fingerprint density at radius 1 is 0.923 bits per heavy atom. The molecule has 3 aromatic rings. The molecule has 0 saturated heterocycles.